The predicted octanol–water partition coefficient (Wildman–Crippen LogP) is 19.5. The van der Waals surface area contributed by atoms with Gasteiger partial charge in [0, 0.05) is 167 Å². The van der Waals surface area contributed by atoms with Crippen LogP contribution in [0.2, 0.25) is 25.8 Å². The van der Waals surface area contributed by atoms with Crippen LogP contribution in [0, 0.1) is 0 Å². The fourth-order valence-corrected chi connectivity index (χ4v) is 17.3. The first-order valence-corrected chi connectivity index (χ1v) is 45.8. The summed E-state index contributed by atoms with van der Waals surface area (Å²) in [5.74, 6) is 1.55. The number of benzene rings is 5. The SMILES string of the molecule is C.C[C@@H](c1cc2ncc(Cl)n2nc1-c1ccccc1)n1ccc2c(N)ncnc21.C[C@@H](c1cc2nccn2nc1-c1ccccc1)n1ccc2c(Cl)ncnc21.C[C@@H](c1cc2nccn2nc1-c1ccccc1)n1ccc2c(N)ncnc21.C[C@H](N)c1cc2nccn2nc1-c1ccccc1.C[C@H](Nc1ncnc(Cl)c1CCO)c1cc2nccn2nc1-c1ccccc1.N.O.OCCc1c(Cl)ncnc1Cl.S.S.S.S.S. The number of hydrogen-bond acceptors (Lipinski definition) is 27. The van der Waals surface area contributed by atoms with E-state index in [9.17, 15) is 5.11 Å². The van der Waals surface area contributed by atoms with Crippen molar-refractivity contribution in [1.29, 1.82) is 0 Å². The lowest BCUT2D eigenvalue weighted by molar-refractivity contribution is 0.299. The molecule has 0 bridgehead atoms. The summed E-state index contributed by atoms with van der Waals surface area (Å²) in [5, 5.41) is 49.5. The van der Waals surface area contributed by atoms with Crippen molar-refractivity contribution in [2.75, 3.05) is 30.0 Å². The number of nitrogen functional groups attached to an aromatic ring is 2. The second-order valence-electron chi connectivity index (χ2n) is 32.0. The van der Waals surface area contributed by atoms with Crippen LogP contribution in [0.4, 0.5) is 17.5 Å². The van der Waals surface area contributed by atoms with Gasteiger partial charge >= 0.3 is 0 Å². The molecule has 758 valence electrons. The number of aliphatic hydroxyl groups excluding tert-OH is 2. The van der Waals surface area contributed by atoms with Crippen LogP contribution in [-0.4, -0.2) is 165 Å². The van der Waals surface area contributed by atoms with Gasteiger partial charge in [-0.05, 0) is 83.1 Å². The molecule has 46 heteroatoms. The first kappa shape index (κ1) is 115. The maximum Gasteiger partial charge on any atom is 0.155 e. The highest BCUT2D eigenvalue weighted by Crippen LogP contribution is 2.39. The summed E-state index contributed by atoms with van der Waals surface area (Å²) in [6.45, 7) is 10.3. The molecule has 18 heterocycles. The lowest BCUT2D eigenvalue weighted by Gasteiger charge is -2.20. The molecule has 0 amide bonds. The molecule has 0 spiro atoms. The maximum absolute atomic E-state index is 9.34. The van der Waals surface area contributed by atoms with E-state index in [-0.39, 0.29) is 130 Å². The van der Waals surface area contributed by atoms with E-state index < -0.39 is 0 Å². The predicted molar refractivity (Wildman–Crippen MR) is 608 cm³/mol. The third-order valence-corrected chi connectivity index (χ3v) is 24.8. The number of aliphatic hydroxyl groups is 2. The van der Waals surface area contributed by atoms with Crippen LogP contribution in [0.5, 0.6) is 0 Å². The van der Waals surface area contributed by atoms with Gasteiger partial charge in [0.2, 0.25) is 0 Å². The lowest BCUT2D eigenvalue weighted by Crippen LogP contribution is -2.14. The molecule has 0 aliphatic carbocycles. The number of aromatic nitrogens is 28. The van der Waals surface area contributed by atoms with Crippen LogP contribution in [0.1, 0.15) is 111 Å². The molecule has 23 rings (SSSR count). The molecule has 0 fully saturated rings. The molecule has 5 aromatic carbocycles. The van der Waals surface area contributed by atoms with Crippen LogP contribution in [0.3, 0.4) is 0 Å². The molecular formula is C101H106Cl5N33O3S5. The average molecular weight is 2170 g/mol. The third kappa shape index (κ3) is 25.0. The highest BCUT2D eigenvalue weighted by atomic mass is 35.5. The monoisotopic (exact) mass is 2160 g/mol. The number of nitrogens with one attached hydrogen (secondary N) is 1. The van der Waals surface area contributed by atoms with Crippen molar-refractivity contribution in [3.05, 3.63) is 371 Å². The van der Waals surface area contributed by atoms with Gasteiger partial charge in [-0.15, -0.1) is 0 Å². The molecule has 0 aliphatic rings. The highest BCUT2D eigenvalue weighted by Gasteiger charge is 2.27. The number of anilines is 3. The van der Waals surface area contributed by atoms with Gasteiger partial charge in [-0.1, -0.05) is 217 Å². The Hall–Kier alpha value is -14.4. The summed E-state index contributed by atoms with van der Waals surface area (Å²) in [4.78, 5) is 63.0. The van der Waals surface area contributed by atoms with Crippen LogP contribution in [0.25, 0.3) is 118 Å². The molecule has 36 nitrogen and oxygen atoms in total. The van der Waals surface area contributed by atoms with E-state index >= 15 is 0 Å². The molecule has 0 radical (unpaired) electrons. The minimum Gasteiger partial charge on any atom is -0.412 e. The standard InChI is InChI=1S/C20H16ClN7.C20H19ClN6O.C20H15ClN6.C20H17N7.C14H14N4.C6H6Cl2N2O.CH4.H3N.H2O.5H2S/c1-12(27-8-7-14-19(22)24-11-25-20(14)27)15-9-17-23-10-16(21)28(17)26-18(15)13-5-3-2-4-6-13;1-13(25-20-15(7-10-28)19(21)23-12-24-20)16-11-17-22-8-9-27(17)26-18(16)14-5-3-2-4-6-14;2*1-13(26-9-7-15-19(21)23-12-24-20(15)26)16-11-17-22-8-10-27(17)25-18(16)14-5-3-2-4-6-14;1-10(15)12-9-13-16-7-8-18(13)17-14(12)11-5-3-2-4-6-11;7-5-4(1-2-11)6(8)10-3-9-5;;;;;;;;/h2-12H,1H3,(H2,22,24,25);2-6,8-9,11-13,28H,7,10H2,1H3,(H,23,24,25);2-13H,1H3;2-13H,1H3,(H2,21,23,24);2-10H,15H2,1H3;3,11H,1-2H2;1H4;1H3;6*1H2/t12-;3*13-;10-;;;;;;;;;/m00000........./s1. The molecule has 147 heavy (non-hydrogen) atoms. The summed E-state index contributed by atoms with van der Waals surface area (Å²) < 4.78 is 15.0. The summed E-state index contributed by atoms with van der Waals surface area (Å²) in [6, 6.07) is 66.1. The smallest absolute Gasteiger partial charge is 0.155 e. The zero-order valence-electron chi connectivity index (χ0n) is 78.8. The van der Waals surface area contributed by atoms with E-state index in [2.05, 4.69) is 156 Å². The minimum absolute atomic E-state index is 0. The second-order valence-corrected chi connectivity index (χ2v) is 33.8. The van der Waals surface area contributed by atoms with E-state index in [4.69, 9.17) is 101 Å². The van der Waals surface area contributed by atoms with Crippen molar-refractivity contribution in [2.45, 2.75) is 85.1 Å². The Morgan fingerprint density at radius 1 is 0.333 bits per heavy atom. The molecular weight excluding hydrogens is 2060 g/mol. The molecule has 0 unspecified atom stereocenters. The Morgan fingerprint density at radius 2 is 0.633 bits per heavy atom. The van der Waals surface area contributed by atoms with E-state index in [1.54, 1.807) is 53.6 Å². The Morgan fingerprint density at radius 3 is 1.01 bits per heavy atom. The van der Waals surface area contributed by atoms with Crippen molar-refractivity contribution >= 4 is 204 Å². The Labute approximate surface area is 903 Å². The Balaban J connectivity index is 0.000000182. The number of rotatable bonds is 19. The van der Waals surface area contributed by atoms with Gasteiger partial charge in [0.1, 0.15) is 86.6 Å². The summed E-state index contributed by atoms with van der Waals surface area (Å²) in [7, 11) is 0. The van der Waals surface area contributed by atoms with Gasteiger partial charge in [0.25, 0.3) is 0 Å². The molecule has 0 saturated carbocycles. The molecule has 0 saturated heterocycles. The van der Waals surface area contributed by atoms with E-state index in [0.717, 1.165) is 140 Å². The average Bonchev–Trinajstić information content (AvgIpc) is 1.67. The highest BCUT2D eigenvalue weighted by molar-refractivity contribution is 7.60. The van der Waals surface area contributed by atoms with Crippen molar-refractivity contribution in [1.82, 2.24) is 143 Å². The quantitative estimate of drug-likeness (QED) is 0.0370. The molecule has 0 aliphatic heterocycles. The van der Waals surface area contributed by atoms with Crippen LogP contribution in [-0.2, 0) is 12.8 Å². The Bertz CT molecular complexity index is 8040. The number of nitrogens with two attached hydrogens (primary N) is 3. The van der Waals surface area contributed by atoms with Crippen LogP contribution < -0.4 is 28.7 Å². The first-order valence-electron chi connectivity index (χ1n) is 43.9. The number of fused-ring (bicyclic) bond motifs is 8. The molecule has 14 N–H and O–H groups in total. The van der Waals surface area contributed by atoms with Gasteiger partial charge in [-0.3, -0.25) is 0 Å². The van der Waals surface area contributed by atoms with Gasteiger partial charge in [-0.25, -0.2) is 97.3 Å². The lowest BCUT2D eigenvalue weighted by atomic mass is 10.0. The van der Waals surface area contributed by atoms with Gasteiger partial charge in [-0.2, -0.15) is 93.0 Å². The number of halogens is 5. The van der Waals surface area contributed by atoms with Crippen LogP contribution in [0.15, 0.2) is 306 Å². The van der Waals surface area contributed by atoms with E-state index in [1.165, 1.54) is 31.6 Å². The molecule has 23 aromatic rings. The number of hydrogen-bond donors (Lipinski definition) is 7. The maximum atomic E-state index is 9.34. The van der Waals surface area contributed by atoms with E-state index in [0.29, 0.717) is 72.8 Å². The zero-order chi connectivity index (χ0) is 96.3. The van der Waals surface area contributed by atoms with E-state index in [1.807, 2.05) is 221 Å². The number of nitrogens with zero attached hydrogens (tertiary/aromatic N) is 28. The Kier molecular flexibility index (Phi) is 40.6. The van der Waals surface area contributed by atoms with Crippen molar-refractivity contribution in [2.24, 2.45) is 5.73 Å². The first-order chi connectivity index (χ1) is 67.7. The fourth-order valence-electron chi connectivity index (χ4n) is 16.2. The van der Waals surface area contributed by atoms with Gasteiger partial charge in [0.05, 0.1) is 75.0 Å². The summed E-state index contributed by atoms with van der Waals surface area (Å²) in [5.41, 5.74) is 40.3. The summed E-state index contributed by atoms with van der Waals surface area (Å²) in [6.07, 6.45) is 29.8. The van der Waals surface area contributed by atoms with Gasteiger partial charge < -0.3 is 58.1 Å². The third-order valence-electron chi connectivity index (χ3n) is 23.3. The summed E-state index contributed by atoms with van der Waals surface area (Å²) >= 11 is 30.0. The normalized spacial score (nSPS) is 11.7. The number of imidazole rings is 5. The zero-order valence-corrected chi connectivity index (χ0v) is 87.6. The molecule has 5 atom stereocenters. The minimum atomic E-state index is -0.132. The largest absolute Gasteiger partial charge is 0.412 e. The molecule has 18 aromatic heterocycles. The fraction of sp³-hybridized carbons (Fsp3) is 0.149. The topological polar surface area (TPSA) is 492 Å². The van der Waals surface area contributed by atoms with Crippen molar-refractivity contribution in [3.8, 4) is 56.3 Å². The van der Waals surface area contributed by atoms with Crippen molar-refractivity contribution in [3.63, 3.8) is 0 Å². The van der Waals surface area contributed by atoms with Crippen molar-refractivity contribution < 1.29 is 15.7 Å². The second kappa shape index (κ2) is 52.1. The van der Waals surface area contributed by atoms with Crippen LogP contribution >= 0.6 is 125 Å². The van der Waals surface area contributed by atoms with Gasteiger partial charge in [0.15, 0.2) is 33.4 Å².